The van der Waals surface area contributed by atoms with Crippen molar-refractivity contribution in [1.29, 1.82) is 0 Å². The van der Waals surface area contributed by atoms with E-state index in [1.54, 1.807) is 26.4 Å². The highest BCUT2D eigenvalue weighted by molar-refractivity contribution is 5.93. The minimum atomic E-state index is -0.741. The minimum Gasteiger partial charge on any atom is -0.493 e. The summed E-state index contributed by atoms with van der Waals surface area (Å²) in [5.41, 5.74) is 0.762. The number of hydrogen-bond acceptors (Lipinski definition) is 4. The van der Waals surface area contributed by atoms with Gasteiger partial charge < -0.3 is 24.8 Å². The second kappa shape index (κ2) is 10.2. The number of nitrogens with one attached hydrogen (secondary N) is 2. The van der Waals surface area contributed by atoms with Crippen molar-refractivity contribution in [2.75, 3.05) is 39.2 Å². The maximum absolute atomic E-state index is 13.5. The number of halogens is 2. The average molecular weight is 379 g/mol. The first kappa shape index (κ1) is 20.3. The number of rotatable bonds is 8. The smallest absolute Gasteiger partial charge is 0.195 e. The number of hydrogen-bond donors (Lipinski definition) is 2. The van der Waals surface area contributed by atoms with E-state index in [0.717, 1.165) is 17.8 Å². The molecule has 0 spiro atoms. The van der Waals surface area contributed by atoms with Crippen molar-refractivity contribution in [3.05, 3.63) is 48.0 Å². The Labute approximate surface area is 157 Å². The Morgan fingerprint density at radius 3 is 2.41 bits per heavy atom. The molecule has 27 heavy (non-hydrogen) atoms. The molecular formula is C19H23F2N3O3. The zero-order valence-corrected chi connectivity index (χ0v) is 15.5. The number of nitrogens with zero attached hydrogens (tertiary/aromatic N) is 1. The summed E-state index contributed by atoms with van der Waals surface area (Å²) in [6, 6.07) is 8.58. The molecule has 0 heterocycles. The van der Waals surface area contributed by atoms with Crippen molar-refractivity contribution in [1.82, 2.24) is 5.32 Å². The molecule has 6 nitrogen and oxygen atoms in total. The fraction of sp³-hybridized carbons (Fsp3) is 0.316. The summed E-state index contributed by atoms with van der Waals surface area (Å²) in [5, 5.41) is 6.25. The lowest BCUT2D eigenvalue weighted by molar-refractivity contribution is 0.310. The highest BCUT2D eigenvalue weighted by Gasteiger charge is 2.07. The van der Waals surface area contributed by atoms with Gasteiger partial charge in [0.1, 0.15) is 12.4 Å². The Morgan fingerprint density at radius 2 is 1.74 bits per heavy atom. The summed E-state index contributed by atoms with van der Waals surface area (Å²) in [6.07, 6.45) is 0. The third-order valence-electron chi connectivity index (χ3n) is 3.50. The molecule has 0 aromatic heterocycles. The molecule has 0 amide bonds. The van der Waals surface area contributed by atoms with Gasteiger partial charge in [0.15, 0.2) is 29.0 Å². The van der Waals surface area contributed by atoms with E-state index < -0.39 is 11.6 Å². The fourth-order valence-electron chi connectivity index (χ4n) is 2.26. The van der Waals surface area contributed by atoms with Crippen LogP contribution in [0.5, 0.6) is 17.2 Å². The molecule has 2 N–H and O–H groups in total. The van der Waals surface area contributed by atoms with E-state index in [4.69, 9.17) is 14.2 Å². The Hall–Kier alpha value is -3.03. The zero-order chi connectivity index (χ0) is 19.6. The first-order chi connectivity index (χ1) is 13.1. The summed E-state index contributed by atoms with van der Waals surface area (Å²) < 4.78 is 42.2. The first-order valence-electron chi connectivity index (χ1n) is 8.42. The second-order valence-electron chi connectivity index (χ2n) is 5.38. The molecule has 0 saturated heterocycles. The lowest BCUT2D eigenvalue weighted by Crippen LogP contribution is -2.31. The van der Waals surface area contributed by atoms with Crippen LogP contribution in [0.2, 0.25) is 0 Å². The largest absolute Gasteiger partial charge is 0.493 e. The number of benzene rings is 2. The number of ether oxygens (including phenoxy) is 3. The molecule has 146 valence electrons. The third kappa shape index (κ3) is 6.02. The molecule has 2 rings (SSSR count). The highest BCUT2D eigenvalue weighted by atomic mass is 19.1. The van der Waals surface area contributed by atoms with E-state index in [-0.39, 0.29) is 18.9 Å². The van der Waals surface area contributed by atoms with Crippen LogP contribution in [-0.2, 0) is 0 Å². The monoisotopic (exact) mass is 379 g/mol. The predicted molar refractivity (Wildman–Crippen MR) is 101 cm³/mol. The molecule has 0 fully saturated rings. The predicted octanol–water partition coefficient (Wildman–Crippen LogP) is 3.44. The summed E-state index contributed by atoms with van der Waals surface area (Å²) in [4.78, 5) is 4.37. The Bertz CT molecular complexity index is 785. The van der Waals surface area contributed by atoms with Gasteiger partial charge in [-0.05, 0) is 31.2 Å². The van der Waals surface area contributed by atoms with Crippen molar-refractivity contribution in [3.63, 3.8) is 0 Å². The molecule has 8 heteroatoms. The van der Waals surface area contributed by atoms with Crippen molar-refractivity contribution in [2.45, 2.75) is 6.92 Å². The molecule has 0 unspecified atom stereocenters. The van der Waals surface area contributed by atoms with E-state index in [9.17, 15) is 8.78 Å². The average Bonchev–Trinajstić information content (AvgIpc) is 2.66. The van der Waals surface area contributed by atoms with Crippen molar-refractivity contribution < 1.29 is 23.0 Å². The van der Waals surface area contributed by atoms with E-state index in [0.29, 0.717) is 24.0 Å². The Balaban J connectivity index is 1.97. The van der Waals surface area contributed by atoms with Crippen LogP contribution in [0.1, 0.15) is 6.92 Å². The number of guanidine groups is 1. The molecule has 0 atom stereocenters. The number of anilines is 1. The standard InChI is InChI=1S/C19H23F2N3O3/c1-4-22-19(24-14-6-8-17(25-2)18(12-14)26-3)23-9-10-27-16-7-5-13(20)11-15(16)21/h5-8,11-12H,4,9-10H2,1-3H3,(H2,22,23,24). The molecule has 0 aliphatic rings. The van der Waals surface area contributed by atoms with Gasteiger partial charge in [0, 0.05) is 24.4 Å². The minimum absolute atomic E-state index is 0.00977. The van der Waals surface area contributed by atoms with Crippen molar-refractivity contribution in [2.24, 2.45) is 4.99 Å². The molecule has 0 aliphatic carbocycles. The van der Waals surface area contributed by atoms with E-state index in [2.05, 4.69) is 15.6 Å². The van der Waals surface area contributed by atoms with Gasteiger partial charge in [0.2, 0.25) is 0 Å². The Morgan fingerprint density at radius 1 is 1.00 bits per heavy atom. The van der Waals surface area contributed by atoms with Crippen LogP contribution in [0.3, 0.4) is 0 Å². The second-order valence-corrected chi connectivity index (χ2v) is 5.38. The fourth-order valence-corrected chi connectivity index (χ4v) is 2.26. The van der Waals surface area contributed by atoms with Crippen LogP contribution in [0.4, 0.5) is 14.5 Å². The number of methoxy groups -OCH3 is 2. The van der Waals surface area contributed by atoms with Crippen LogP contribution in [0.15, 0.2) is 41.4 Å². The maximum Gasteiger partial charge on any atom is 0.195 e. The summed E-state index contributed by atoms with van der Waals surface area (Å²) in [6.45, 7) is 3.02. The van der Waals surface area contributed by atoms with Crippen LogP contribution >= 0.6 is 0 Å². The molecule has 2 aromatic rings. The van der Waals surface area contributed by atoms with Gasteiger partial charge in [-0.3, -0.25) is 0 Å². The molecule has 2 aromatic carbocycles. The zero-order valence-electron chi connectivity index (χ0n) is 15.5. The number of aliphatic imine (C=N–C) groups is 1. The first-order valence-corrected chi connectivity index (χ1v) is 8.42. The topological polar surface area (TPSA) is 64.1 Å². The molecular weight excluding hydrogens is 356 g/mol. The van der Waals surface area contributed by atoms with Crippen molar-refractivity contribution >= 4 is 11.6 Å². The van der Waals surface area contributed by atoms with Gasteiger partial charge in [-0.15, -0.1) is 0 Å². The van der Waals surface area contributed by atoms with Gasteiger partial charge in [0.25, 0.3) is 0 Å². The highest BCUT2D eigenvalue weighted by Crippen LogP contribution is 2.29. The summed E-state index contributed by atoms with van der Waals surface area (Å²) in [5.74, 6) is 0.353. The normalized spacial score (nSPS) is 11.1. The summed E-state index contributed by atoms with van der Waals surface area (Å²) in [7, 11) is 3.13. The third-order valence-corrected chi connectivity index (χ3v) is 3.50. The van der Waals surface area contributed by atoms with E-state index >= 15 is 0 Å². The lowest BCUT2D eigenvalue weighted by Gasteiger charge is -2.14. The van der Waals surface area contributed by atoms with Gasteiger partial charge >= 0.3 is 0 Å². The SMILES string of the molecule is CCNC(=NCCOc1ccc(F)cc1F)Nc1ccc(OC)c(OC)c1. The van der Waals surface area contributed by atoms with Crippen molar-refractivity contribution in [3.8, 4) is 17.2 Å². The van der Waals surface area contributed by atoms with E-state index in [1.807, 2.05) is 13.0 Å². The Kier molecular flexibility index (Phi) is 7.66. The van der Waals surface area contributed by atoms with Gasteiger partial charge in [0.05, 0.1) is 20.8 Å². The van der Waals surface area contributed by atoms with E-state index in [1.165, 1.54) is 6.07 Å². The van der Waals surface area contributed by atoms with Gasteiger partial charge in [-0.1, -0.05) is 0 Å². The molecule has 0 saturated carbocycles. The van der Waals surface area contributed by atoms with Crippen LogP contribution < -0.4 is 24.8 Å². The van der Waals surface area contributed by atoms with Crippen LogP contribution in [0, 0.1) is 11.6 Å². The van der Waals surface area contributed by atoms with Crippen LogP contribution in [0.25, 0.3) is 0 Å². The molecule has 0 radical (unpaired) electrons. The van der Waals surface area contributed by atoms with Crippen LogP contribution in [-0.4, -0.2) is 39.9 Å². The summed E-state index contributed by atoms with van der Waals surface area (Å²) >= 11 is 0. The quantitative estimate of drug-likeness (QED) is 0.418. The molecule has 0 aliphatic heterocycles. The lowest BCUT2D eigenvalue weighted by atomic mass is 10.3. The maximum atomic E-state index is 13.5. The molecule has 0 bridgehead atoms. The van der Waals surface area contributed by atoms with Gasteiger partial charge in [-0.2, -0.15) is 0 Å². The van der Waals surface area contributed by atoms with Gasteiger partial charge in [-0.25, -0.2) is 13.8 Å².